The van der Waals surface area contributed by atoms with Gasteiger partial charge in [-0.1, -0.05) is 6.07 Å². The molecule has 0 bridgehead atoms. The van der Waals surface area contributed by atoms with Gasteiger partial charge in [0.2, 0.25) is 0 Å². The third kappa shape index (κ3) is 1.89. The van der Waals surface area contributed by atoms with Crippen molar-refractivity contribution in [2.24, 2.45) is 0 Å². The van der Waals surface area contributed by atoms with Crippen LogP contribution in [-0.2, 0) is 4.79 Å². The molecule has 1 heterocycles. The molecule has 0 spiro atoms. The highest BCUT2D eigenvalue weighted by molar-refractivity contribution is 7.10. The normalized spacial score (nSPS) is 11.9. The van der Waals surface area contributed by atoms with Gasteiger partial charge >= 0.3 is 0 Å². The van der Waals surface area contributed by atoms with E-state index in [9.17, 15) is 4.79 Å². The molecule has 3 heteroatoms. The van der Waals surface area contributed by atoms with Gasteiger partial charge in [-0.05, 0) is 11.4 Å². The van der Waals surface area contributed by atoms with Crippen LogP contribution in [0.5, 0.6) is 0 Å². The Bertz CT molecular complexity index is 260. The predicted molar refractivity (Wildman–Crippen MR) is 43.4 cm³/mol. The Labute approximate surface area is 69.1 Å². The predicted octanol–water partition coefficient (Wildman–Crippen LogP) is 1.94. The van der Waals surface area contributed by atoms with Crippen LogP contribution in [0.1, 0.15) is 17.2 Å². The Balaban J connectivity index is 2.72. The molecular formula is C8H7NOS. The Hall–Kier alpha value is -1.14. The van der Waals surface area contributed by atoms with E-state index in [4.69, 9.17) is 5.26 Å². The van der Waals surface area contributed by atoms with E-state index in [1.807, 2.05) is 23.6 Å². The van der Waals surface area contributed by atoms with Gasteiger partial charge in [0, 0.05) is 11.3 Å². The number of carbonyl (C=O) groups excluding carboxylic acids is 1. The smallest absolute Gasteiger partial charge is 0.129 e. The molecule has 0 aliphatic carbocycles. The fourth-order valence-corrected chi connectivity index (χ4v) is 1.60. The van der Waals surface area contributed by atoms with Crippen molar-refractivity contribution in [1.29, 1.82) is 5.26 Å². The maximum Gasteiger partial charge on any atom is 0.129 e. The first-order valence-electron chi connectivity index (χ1n) is 3.24. The van der Waals surface area contributed by atoms with Crippen molar-refractivity contribution in [1.82, 2.24) is 0 Å². The summed E-state index contributed by atoms with van der Waals surface area (Å²) in [6.07, 6.45) is 1.11. The summed E-state index contributed by atoms with van der Waals surface area (Å²) in [7, 11) is 0. The first-order valence-corrected chi connectivity index (χ1v) is 4.12. The molecule has 11 heavy (non-hydrogen) atoms. The van der Waals surface area contributed by atoms with Crippen molar-refractivity contribution in [3.05, 3.63) is 22.4 Å². The number of hydrogen-bond donors (Lipinski definition) is 0. The Kier molecular flexibility index (Phi) is 2.82. The zero-order valence-electron chi connectivity index (χ0n) is 5.86. The highest BCUT2D eigenvalue weighted by Gasteiger charge is 2.09. The van der Waals surface area contributed by atoms with Crippen molar-refractivity contribution in [2.45, 2.75) is 12.3 Å². The number of thiophene rings is 1. The van der Waals surface area contributed by atoms with Gasteiger partial charge in [-0.2, -0.15) is 5.26 Å². The van der Waals surface area contributed by atoms with Crippen molar-refractivity contribution in [3.63, 3.8) is 0 Å². The molecule has 1 aromatic rings. The molecule has 0 N–H and O–H groups in total. The summed E-state index contributed by atoms with van der Waals surface area (Å²) >= 11 is 1.51. The first kappa shape index (κ1) is 7.96. The van der Waals surface area contributed by atoms with E-state index >= 15 is 0 Å². The molecule has 1 rings (SSSR count). The second kappa shape index (κ2) is 3.89. The van der Waals surface area contributed by atoms with E-state index in [2.05, 4.69) is 0 Å². The minimum Gasteiger partial charge on any atom is -0.303 e. The topological polar surface area (TPSA) is 40.9 Å². The summed E-state index contributed by atoms with van der Waals surface area (Å²) < 4.78 is 0. The second-order valence-corrected chi connectivity index (χ2v) is 3.10. The van der Waals surface area contributed by atoms with Gasteiger partial charge in [-0.3, -0.25) is 0 Å². The van der Waals surface area contributed by atoms with Crippen LogP contribution in [0, 0.1) is 11.3 Å². The highest BCUT2D eigenvalue weighted by atomic mass is 32.1. The van der Waals surface area contributed by atoms with E-state index in [0.717, 1.165) is 11.2 Å². The molecule has 0 amide bonds. The summed E-state index contributed by atoms with van der Waals surface area (Å²) in [6.45, 7) is 0. The summed E-state index contributed by atoms with van der Waals surface area (Å²) in [4.78, 5) is 11.4. The molecule has 0 aromatic carbocycles. The average molecular weight is 165 g/mol. The zero-order valence-corrected chi connectivity index (χ0v) is 6.67. The zero-order chi connectivity index (χ0) is 8.10. The van der Waals surface area contributed by atoms with Crippen molar-refractivity contribution >= 4 is 17.6 Å². The fourth-order valence-electron chi connectivity index (χ4n) is 0.816. The van der Waals surface area contributed by atoms with Gasteiger partial charge in [0.05, 0.1) is 12.0 Å². The molecule has 1 unspecified atom stereocenters. The molecule has 0 radical (unpaired) electrons. The van der Waals surface area contributed by atoms with E-state index in [-0.39, 0.29) is 12.3 Å². The Morgan fingerprint density at radius 3 is 3.09 bits per heavy atom. The molecular weight excluding hydrogens is 158 g/mol. The number of hydrogen-bond acceptors (Lipinski definition) is 3. The maximum absolute atomic E-state index is 10.4. The molecule has 56 valence electrons. The Morgan fingerprint density at radius 1 is 1.82 bits per heavy atom. The summed E-state index contributed by atoms with van der Waals surface area (Å²) in [6, 6.07) is 5.74. The van der Waals surface area contributed by atoms with Gasteiger partial charge in [-0.25, -0.2) is 0 Å². The Morgan fingerprint density at radius 2 is 2.64 bits per heavy atom. The molecule has 1 atom stereocenters. The molecule has 0 fully saturated rings. The van der Waals surface area contributed by atoms with Crippen molar-refractivity contribution in [2.75, 3.05) is 0 Å². The molecule has 0 aliphatic heterocycles. The van der Waals surface area contributed by atoms with Crippen LogP contribution in [0.3, 0.4) is 0 Å². The summed E-state index contributed by atoms with van der Waals surface area (Å²) in [5, 5.41) is 10.3. The monoisotopic (exact) mass is 165 g/mol. The lowest BCUT2D eigenvalue weighted by molar-refractivity contribution is -0.108. The number of nitriles is 1. The first-order chi connectivity index (χ1) is 5.38. The summed E-state index contributed by atoms with van der Waals surface area (Å²) in [5.41, 5.74) is 0. The lowest BCUT2D eigenvalue weighted by Gasteiger charge is -1.99. The van der Waals surface area contributed by atoms with Crippen molar-refractivity contribution < 1.29 is 4.79 Å². The number of nitrogens with zero attached hydrogens (tertiary/aromatic N) is 1. The van der Waals surface area contributed by atoms with E-state index < -0.39 is 0 Å². The van der Waals surface area contributed by atoms with Crippen LogP contribution in [0.25, 0.3) is 0 Å². The molecule has 0 saturated heterocycles. The van der Waals surface area contributed by atoms with Gasteiger partial charge in [0.15, 0.2) is 0 Å². The third-order valence-electron chi connectivity index (χ3n) is 1.38. The summed E-state index contributed by atoms with van der Waals surface area (Å²) in [5.74, 6) is -0.222. The van der Waals surface area contributed by atoms with Crippen LogP contribution in [0.15, 0.2) is 17.5 Å². The van der Waals surface area contributed by atoms with Crippen LogP contribution in [0.4, 0.5) is 0 Å². The number of aldehydes is 1. The van der Waals surface area contributed by atoms with Crippen LogP contribution >= 0.6 is 11.3 Å². The maximum atomic E-state index is 10.4. The van der Waals surface area contributed by atoms with Crippen LogP contribution in [0.2, 0.25) is 0 Å². The molecule has 2 nitrogen and oxygen atoms in total. The average Bonchev–Trinajstić information content (AvgIpc) is 2.52. The van der Waals surface area contributed by atoms with Gasteiger partial charge in [-0.15, -0.1) is 11.3 Å². The van der Waals surface area contributed by atoms with E-state index in [0.29, 0.717) is 0 Å². The van der Waals surface area contributed by atoms with Crippen LogP contribution < -0.4 is 0 Å². The number of carbonyl (C=O) groups is 1. The highest BCUT2D eigenvalue weighted by Crippen LogP contribution is 2.21. The second-order valence-electron chi connectivity index (χ2n) is 2.12. The van der Waals surface area contributed by atoms with Crippen LogP contribution in [-0.4, -0.2) is 6.29 Å². The van der Waals surface area contributed by atoms with Gasteiger partial charge in [0.25, 0.3) is 0 Å². The molecule has 0 saturated carbocycles. The largest absolute Gasteiger partial charge is 0.303 e. The van der Waals surface area contributed by atoms with E-state index in [1.165, 1.54) is 11.3 Å². The quantitative estimate of drug-likeness (QED) is 0.642. The lowest BCUT2D eigenvalue weighted by atomic mass is 10.1. The van der Waals surface area contributed by atoms with E-state index in [1.54, 1.807) is 0 Å². The fraction of sp³-hybridized carbons (Fsp3) is 0.250. The minimum atomic E-state index is -0.222. The minimum absolute atomic E-state index is 0.222. The third-order valence-corrected chi connectivity index (χ3v) is 2.39. The van der Waals surface area contributed by atoms with Gasteiger partial charge < -0.3 is 4.79 Å². The number of rotatable bonds is 3. The standard InChI is InChI=1S/C8H7NOS/c9-4-3-7(6-10)8-2-1-5-11-8/h1-2,5-7H,3H2. The lowest BCUT2D eigenvalue weighted by Crippen LogP contribution is -1.95. The molecule has 0 aliphatic rings. The molecule has 1 aromatic heterocycles. The van der Waals surface area contributed by atoms with Crippen molar-refractivity contribution in [3.8, 4) is 6.07 Å². The SMILES string of the molecule is N#CCC(C=O)c1cccs1. The van der Waals surface area contributed by atoms with Gasteiger partial charge in [0.1, 0.15) is 6.29 Å².